The highest BCUT2D eigenvalue weighted by atomic mass is 16.6. The first-order chi connectivity index (χ1) is 9.49. The van der Waals surface area contributed by atoms with Crippen molar-refractivity contribution in [2.45, 2.75) is 20.3 Å². The second-order valence-corrected chi connectivity index (χ2v) is 3.91. The van der Waals surface area contributed by atoms with Gasteiger partial charge in [-0.15, -0.1) is 0 Å². The minimum Gasteiger partial charge on any atom is -0.462 e. The molecule has 0 amide bonds. The van der Waals surface area contributed by atoms with Crippen LogP contribution in [0.15, 0.2) is 29.8 Å². The van der Waals surface area contributed by atoms with Crippen molar-refractivity contribution in [3.8, 4) is 0 Å². The Hall–Kier alpha value is -2.50. The van der Waals surface area contributed by atoms with Gasteiger partial charge in [0.25, 0.3) is 5.69 Å². The number of benzene rings is 1. The van der Waals surface area contributed by atoms with Gasteiger partial charge in [0.15, 0.2) is 5.78 Å². The maximum absolute atomic E-state index is 11.7. The highest BCUT2D eigenvalue weighted by molar-refractivity contribution is 6.20. The van der Waals surface area contributed by atoms with E-state index >= 15 is 0 Å². The zero-order valence-corrected chi connectivity index (χ0v) is 11.3. The largest absolute Gasteiger partial charge is 0.462 e. The maximum Gasteiger partial charge on any atom is 0.341 e. The van der Waals surface area contributed by atoms with E-state index in [9.17, 15) is 19.7 Å². The molecule has 6 heteroatoms. The van der Waals surface area contributed by atoms with E-state index in [2.05, 4.69) is 0 Å². The van der Waals surface area contributed by atoms with E-state index in [0.717, 1.165) is 0 Å². The number of carbonyl (C=O) groups excluding carboxylic acids is 2. The van der Waals surface area contributed by atoms with Crippen molar-refractivity contribution in [2.24, 2.45) is 0 Å². The average molecular weight is 277 g/mol. The molecule has 20 heavy (non-hydrogen) atoms. The molecule has 6 nitrogen and oxygen atoms in total. The molecule has 0 fully saturated rings. The summed E-state index contributed by atoms with van der Waals surface area (Å²) in [6, 6.07) is 5.70. The fourth-order valence-corrected chi connectivity index (χ4v) is 1.55. The highest BCUT2D eigenvalue weighted by Crippen LogP contribution is 2.17. The van der Waals surface area contributed by atoms with E-state index in [1.807, 2.05) is 0 Å². The number of hydrogen-bond donors (Lipinski definition) is 0. The molecule has 0 saturated carbocycles. The number of Topliss-reactive ketones (excluding diaryl/α,β-unsaturated/α-hetero) is 1. The van der Waals surface area contributed by atoms with Crippen molar-refractivity contribution in [3.05, 3.63) is 45.5 Å². The van der Waals surface area contributed by atoms with Crippen molar-refractivity contribution in [1.82, 2.24) is 0 Å². The number of nitro groups is 1. The van der Waals surface area contributed by atoms with Gasteiger partial charge in [-0.1, -0.05) is 19.1 Å². The van der Waals surface area contributed by atoms with E-state index in [1.54, 1.807) is 19.9 Å². The monoisotopic (exact) mass is 277 g/mol. The number of ketones is 1. The van der Waals surface area contributed by atoms with Crippen molar-refractivity contribution >= 4 is 23.5 Å². The Bertz CT molecular complexity index is 562. The molecule has 0 aliphatic heterocycles. The summed E-state index contributed by atoms with van der Waals surface area (Å²) in [6.45, 7) is 3.42. The molecule has 1 aromatic carbocycles. The van der Waals surface area contributed by atoms with Crippen LogP contribution in [-0.2, 0) is 14.3 Å². The first-order valence-corrected chi connectivity index (χ1v) is 6.16. The zero-order valence-electron chi connectivity index (χ0n) is 11.3. The Morgan fingerprint density at radius 1 is 1.35 bits per heavy atom. The molecule has 0 saturated heterocycles. The summed E-state index contributed by atoms with van der Waals surface area (Å²) in [4.78, 5) is 33.6. The number of esters is 1. The molecule has 0 aliphatic carbocycles. The van der Waals surface area contributed by atoms with Crippen LogP contribution in [0.3, 0.4) is 0 Å². The van der Waals surface area contributed by atoms with Crippen LogP contribution in [0.2, 0.25) is 0 Å². The third-order valence-electron chi connectivity index (χ3n) is 2.51. The van der Waals surface area contributed by atoms with Gasteiger partial charge in [0.1, 0.15) is 5.57 Å². The number of nitrogens with zero attached hydrogens (tertiary/aromatic N) is 1. The molecular weight excluding hydrogens is 262 g/mol. The molecule has 1 rings (SSSR count). The smallest absolute Gasteiger partial charge is 0.341 e. The van der Waals surface area contributed by atoms with Crippen LogP contribution in [0.5, 0.6) is 0 Å². The molecule has 0 unspecified atom stereocenters. The standard InChI is InChI=1S/C14H15NO5/c1-3-13(16)12(14(17)20-4-2)9-10-6-5-7-11(8-10)15(18)19/h5-9H,3-4H2,1-2H3. The van der Waals surface area contributed by atoms with Gasteiger partial charge in [-0.3, -0.25) is 14.9 Å². The molecule has 0 heterocycles. The summed E-state index contributed by atoms with van der Waals surface area (Å²) in [5.41, 5.74) is 0.199. The van der Waals surface area contributed by atoms with Crippen LogP contribution < -0.4 is 0 Å². The Labute approximate surface area is 116 Å². The minimum absolute atomic E-state index is 0.102. The first-order valence-electron chi connectivity index (χ1n) is 6.16. The quantitative estimate of drug-likeness (QED) is 0.199. The second-order valence-electron chi connectivity index (χ2n) is 3.91. The number of nitro benzene ring substituents is 1. The van der Waals surface area contributed by atoms with Gasteiger partial charge in [0.2, 0.25) is 0 Å². The normalized spacial score (nSPS) is 11.0. The Morgan fingerprint density at radius 3 is 2.60 bits per heavy atom. The van der Waals surface area contributed by atoms with Gasteiger partial charge >= 0.3 is 5.97 Å². The van der Waals surface area contributed by atoms with E-state index in [0.29, 0.717) is 5.56 Å². The van der Waals surface area contributed by atoms with Crippen LogP contribution in [0, 0.1) is 10.1 Å². The summed E-state index contributed by atoms with van der Waals surface area (Å²) in [7, 11) is 0. The van der Waals surface area contributed by atoms with Crippen molar-refractivity contribution in [1.29, 1.82) is 0 Å². The van der Waals surface area contributed by atoms with Gasteiger partial charge in [0.05, 0.1) is 11.5 Å². The molecule has 0 radical (unpaired) electrons. The number of carbonyl (C=O) groups is 2. The fraction of sp³-hybridized carbons (Fsp3) is 0.286. The zero-order chi connectivity index (χ0) is 15.1. The van der Waals surface area contributed by atoms with E-state index < -0.39 is 10.9 Å². The number of hydrogen-bond acceptors (Lipinski definition) is 5. The topological polar surface area (TPSA) is 86.5 Å². The maximum atomic E-state index is 11.7. The Kier molecular flexibility index (Phi) is 5.58. The van der Waals surface area contributed by atoms with E-state index in [4.69, 9.17) is 4.74 Å². The molecular formula is C14H15NO5. The average Bonchev–Trinajstić information content (AvgIpc) is 2.44. The second kappa shape index (κ2) is 7.18. The predicted molar refractivity (Wildman–Crippen MR) is 73.0 cm³/mol. The number of rotatable bonds is 6. The van der Waals surface area contributed by atoms with E-state index in [1.165, 1.54) is 24.3 Å². The van der Waals surface area contributed by atoms with Gasteiger partial charge in [0, 0.05) is 18.6 Å². The van der Waals surface area contributed by atoms with Crippen LogP contribution in [0.1, 0.15) is 25.8 Å². The molecule has 106 valence electrons. The lowest BCUT2D eigenvalue weighted by atomic mass is 10.1. The number of non-ortho nitro benzene ring substituents is 1. The summed E-state index contributed by atoms with van der Waals surface area (Å²) in [6.07, 6.45) is 1.47. The Morgan fingerprint density at radius 2 is 2.05 bits per heavy atom. The van der Waals surface area contributed by atoms with Crippen LogP contribution in [-0.4, -0.2) is 23.3 Å². The van der Waals surface area contributed by atoms with Crippen LogP contribution in [0.4, 0.5) is 5.69 Å². The molecule has 0 aromatic heterocycles. The third-order valence-corrected chi connectivity index (χ3v) is 2.51. The molecule has 0 spiro atoms. The van der Waals surface area contributed by atoms with E-state index in [-0.39, 0.29) is 30.1 Å². The molecule has 0 N–H and O–H groups in total. The predicted octanol–water partition coefficient (Wildman–Crippen LogP) is 2.52. The summed E-state index contributed by atoms with van der Waals surface area (Å²) in [5.74, 6) is -1.08. The highest BCUT2D eigenvalue weighted by Gasteiger charge is 2.18. The van der Waals surface area contributed by atoms with Crippen LogP contribution in [0.25, 0.3) is 6.08 Å². The summed E-state index contributed by atoms with van der Waals surface area (Å²) < 4.78 is 4.81. The lowest BCUT2D eigenvalue weighted by Crippen LogP contribution is -2.15. The van der Waals surface area contributed by atoms with Gasteiger partial charge in [-0.05, 0) is 18.6 Å². The number of ether oxygens (including phenoxy) is 1. The van der Waals surface area contributed by atoms with Crippen molar-refractivity contribution in [2.75, 3.05) is 6.61 Å². The van der Waals surface area contributed by atoms with Crippen molar-refractivity contribution < 1.29 is 19.2 Å². The Balaban J connectivity index is 3.19. The lowest BCUT2D eigenvalue weighted by molar-refractivity contribution is -0.384. The first kappa shape index (κ1) is 15.6. The molecule has 0 bridgehead atoms. The minimum atomic E-state index is -0.717. The summed E-state index contributed by atoms with van der Waals surface area (Å²) in [5, 5.41) is 10.7. The van der Waals surface area contributed by atoms with Gasteiger partial charge in [-0.2, -0.15) is 0 Å². The molecule has 0 atom stereocenters. The fourth-order valence-electron chi connectivity index (χ4n) is 1.55. The molecule has 0 aliphatic rings. The SMILES string of the molecule is CCOC(=O)C(=Cc1cccc([N+](=O)[O-])c1)C(=O)CC. The molecule has 1 aromatic rings. The van der Waals surface area contributed by atoms with Gasteiger partial charge in [-0.25, -0.2) is 4.79 Å². The third kappa shape index (κ3) is 4.01. The van der Waals surface area contributed by atoms with Crippen LogP contribution >= 0.6 is 0 Å². The van der Waals surface area contributed by atoms with Crippen molar-refractivity contribution in [3.63, 3.8) is 0 Å². The van der Waals surface area contributed by atoms with Gasteiger partial charge < -0.3 is 4.74 Å². The lowest BCUT2D eigenvalue weighted by Gasteiger charge is -2.05. The summed E-state index contributed by atoms with van der Waals surface area (Å²) >= 11 is 0.